The summed E-state index contributed by atoms with van der Waals surface area (Å²) in [6.07, 6.45) is 1.09. The van der Waals surface area contributed by atoms with E-state index in [1.807, 2.05) is 7.11 Å². The molecule has 0 aliphatic rings. The fraction of sp³-hybridized carbons (Fsp3) is 0.600. The fourth-order valence-electron chi connectivity index (χ4n) is 1.63. The maximum Gasteiger partial charge on any atom is 0.186 e. The fourth-order valence-corrected chi connectivity index (χ4v) is 2.72. The molecule has 0 heterocycles. The third kappa shape index (κ3) is 5.69. The van der Waals surface area contributed by atoms with Crippen LogP contribution >= 0.6 is 0 Å². The predicted octanol–water partition coefficient (Wildman–Crippen LogP) is 4.26. The zero-order valence-electron chi connectivity index (χ0n) is 12.5. The summed E-state index contributed by atoms with van der Waals surface area (Å²) in [6, 6.07) is 9.58. The van der Waals surface area contributed by atoms with E-state index < -0.39 is 8.32 Å². The second-order valence-electron chi connectivity index (χ2n) is 6.32. The monoisotopic (exact) mass is 266 g/mol. The predicted molar refractivity (Wildman–Crippen MR) is 79.8 cm³/mol. The van der Waals surface area contributed by atoms with Gasteiger partial charge < -0.3 is 9.16 Å². The molecule has 0 aromatic heterocycles. The minimum absolute atomic E-state index is 0.132. The lowest BCUT2D eigenvalue weighted by molar-refractivity contribution is 0.131. The first kappa shape index (κ1) is 15.3. The van der Waals surface area contributed by atoms with Crippen LogP contribution in [0.1, 0.15) is 26.3 Å². The van der Waals surface area contributed by atoms with E-state index in [4.69, 9.17) is 9.16 Å². The van der Waals surface area contributed by atoms with Crippen LogP contribution in [0, 0.1) is 0 Å². The zero-order chi connectivity index (χ0) is 13.8. The number of benzene rings is 1. The Morgan fingerprint density at radius 3 is 2.06 bits per heavy atom. The van der Waals surface area contributed by atoms with Crippen LogP contribution in [-0.2, 0) is 10.8 Å². The van der Waals surface area contributed by atoms with Gasteiger partial charge >= 0.3 is 0 Å². The highest BCUT2D eigenvalue weighted by Gasteiger charge is 2.20. The van der Waals surface area contributed by atoms with E-state index in [0.717, 1.165) is 18.2 Å². The second kappa shape index (κ2) is 5.89. The van der Waals surface area contributed by atoms with Gasteiger partial charge in [-0.1, -0.05) is 12.1 Å². The standard InChI is InChI=1S/C15H26O2Si/c1-15(2,3)17-14-9-7-13(8-10-14)11-12-18(5,6)16-4/h7-10H,11-12H2,1-6H3. The largest absolute Gasteiger partial charge is 0.488 e. The molecule has 0 amide bonds. The van der Waals surface area contributed by atoms with Crippen LogP contribution in [0.15, 0.2) is 24.3 Å². The van der Waals surface area contributed by atoms with Crippen LogP contribution in [0.2, 0.25) is 19.1 Å². The molecule has 0 bridgehead atoms. The maximum atomic E-state index is 5.81. The second-order valence-corrected chi connectivity index (χ2v) is 10.7. The van der Waals surface area contributed by atoms with E-state index in [2.05, 4.69) is 58.1 Å². The van der Waals surface area contributed by atoms with Gasteiger partial charge in [0.15, 0.2) is 8.32 Å². The van der Waals surface area contributed by atoms with Crippen molar-refractivity contribution in [2.24, 2.45) is 0 Å². The van der Waals surface area contributed by atoms with Crippen LogP contribution in [0.4, 0.5) is 0 Å². The molecule has 0 aliphatic carbocycles. The van der Waals surface area contributed by atoms with Crippen molar-refractivity contribution in [3.8, 4) is 5.75 Å². The zero-order valence-corrected chi connectivity index (χ0v) is 13.5. The molecular formula is C15H26O2Si. The van der Waals surface area contributed by atoms with Gasteiger partial charge in [-0.2, -0.15) is 0 Å². The van der Waals surface area contributed by atoms with Crippen molar-refractivity contribution in [1.29, 1.82) is 0 Å². The van der Waals surface area contributed by atoms with Crippen molar-refractivity contribution >= 4 is 8.32 Å². The van der Waals surface area contributed by atoms with Gasteiger partial charge in [0.05, 0.1) is 0 Å². The first-order valence-corrected chi connectivity index (χ1v) is 9.66. The molecule has 0 radical (unpaired) electrons. The van der Waals surface area contributed by atoms with Crippen LogP contribution < -0.4 is 4.74 Å². The number of ether oxygens (including phenoxy) is 1. The average molecular weight is 266 g/mol. The van der Waals surface area contributed by atoms with Gasteiger partial charge in [-0.05, 0) is 64.0 Å². The van der Waals surface area contributed by atoms with Crippen molar-refractivity contribution in [3.05, 3.63) is 29.8 Å². The summed E-state index contributed by atoms with van der Waals surface area (Å²) in [4.78, 5) is 0. The molecule has 0 spiro atoms. The number of aryl methyl sites for hydroxylation is 1. The molecule has 0 fully saturated rings. The molecule has 18 heavy (non-hydrogen) atoms. The quantitative estimate of drug-likeness (QED) is 0.741. The van der Waals surface area contributed by atoms with Crippen LogP contribution in [-0.4, -0.2) is 21.0 Å². The Morgan fingerprint density at radius 2 is 1.61 bits per heavy atom. The number of hydrogen-bond donors (Lipinski definition) is 0. The van der Waals surface area contributed by atoms with E-state index in [1.165, 1.54) is 5.56 Å². The van der Waals surface area contributed by atoms with Gasteiger partial charge in [-0.15, -0.1) is 0 Å². The molecule has 0 saturated heterocycles. The Morgan fingerprint density at radius 1 is 1.06 bits per heavy atom. The van der Waals surface area contributed by atoms with E-state index in [1.54, 1.807) is 0 Å². The number of rotatable bonds is 5. The summed E-state index contributed by atoms with van der Waals surface area (Å²) in [5.74, 6) is 0.939. The molecule has 0 saturated carbocycles. The van der Waals surface area contributed by atoms with E-state index in [9.17, 15) is 0 Å². The van der Waals surface area contributed by atoms with Crippen LogP contribution in [0.25, 0.3) is 0 Å². The first-order valence-electron chi connectivity index (χ1n) is 6.55. The summed E-state index contributed by atoms with van der Waals surface area (Å²) in [5.41, 5.74) is 1.22. The van der Waals surface area contributed by atoms with Gasteiger partial charge in [0.2, 0.25) is 0 Å². The lowest BCUT2D eigenvalue weighted by atomic mass is 10.1. The summed E-state index contributed by atoms with van der Waals surface area (Å²) in [5, 5.41) is 0. The molecule has 2 nitrogen and oxygen atoms in total. The Bertz CT molecular complexity index is 363. The molecule has 0 aliphatic heterocycles. The molecular weight excluding hydrogens is 240 g/mol. The molecule has 0 unspecified atom stereocenters. The van der Waals surface area contributed by atoms with Crippen molar-refractivity contribution in [2.45, 2.75) is 51.9 Å². The normalized spacial score (nSPS) is 12.6. The minimum Gasteiger partial charge on any atom is -0.488 e. The SMILES string of the molecule is CO[Si](C)(C)CCc1ccc(OC(C)(C)C)cc1. The molecule has 3 heteroatoms. The van der Waals surface area contributed by atoms with Gasteiger partial charge in [-0.3, -0.25) is 0 Å². The third-order valence-electron chi connectivity index (χ3n) is 2.92. The minimum atomic E-state index is -1.44. The first-order chi connectivity index (χ1) is 8.22. The average Bonchev–Trinajstić information content (AvgIpc) is 2.26. The molecule has 0 N–H and O–H groups in total. The van der Waals surface area contributed by atoms with Crippen LogP contribution in [0.3, 0.4) is 0 Å². The van der Waals surface area contributed by atoms with Crippen molar-refractivity contribution in [2.75, 3.05) is 7.11 Å². The Hall–Kier alpha value is -0.803. The summed E-state index contributed by atoms with van der Waals surface area (Å²) in [7, 11) is 0.383. The van der Waals surface area contributed by atoms with Gasteiger partial charge in [0.25, 0.3) is 0 Å². The van der Waals surface area contributed by atoms with Crippen molar-refractivity contribution in [3.63, 3.8) is 0 Å². The lowest BCUT2D eigenvalue weighted by Crippen LogP contribution is -2.28. The van der Waals surface area contributed by atoms with E-state index in [0.29, 0.717) is 0 Å². The molecule has 0 atom stereocenters. The molecule has 1 aromatic rings. The van der Waals surface area contributed by atoms with Crippen LogP contribution in [0.5, 0.6) is 5.75 Å². The van der Waals surface area contributed by atoms with Gasteiger partial charge in [-0.25, -0.2) is 0 Å². The molecule has 1 rings (SSSR count). The lowest BCUT2D eigenvalue weighted by Gasteiger charge is -2.22. The highest BCUT2D eigenvalue weighted by Crippen LogP contribution is 2.20. The Balaban J connectivity index is 2.56. The smallest absolute Gasteiger partial charge is 0.186 e. The molecule has 102 valence electrons. The topological polar surface area (TPSA) is 18.5 Å². The summed E-state index contributed by atoms with van der Waals surface area (Å²) < 4.78 is 11.4. The molecule has 1 aromatic carbocycles. The van der Waals surface area contributed by atoms with Crippen molar-refractivity contribution in [1.82, 2.24) is 0 Å². The third-order valence-corrected chi connectivity index (χ3v) is 5.48. The summed E-state index contributed by atoms with van der Waals surface area (Å²) in [6.45, 7) is 10.7. The maximum absolute atomic E-state index is 5.81. The summed E-state index contributed by atoms with van der Waals surface area (Å²) >= 11 is 0. The van der Waals surface area contributed by atoms with E-state index in [-0.39, 0.29) is 5.60 Å². The number of hydrogen-bond acceptors (Lipinski definition) is 2. The Labute approximate surface area is 112 Å². The highest BCUT2D eigenvalue weighted by atomic mass is 28.4. The van der Waals surface area contributed by atoms with Crippen molar-refractivity contribution < 1.29 is 9.16 Å². The van der Waals surface area contributed by atoms with E-state index >= 15 is 0 Å². The highest BCUT2D eigenvalue weighted by molar-refractivity contribution is 6.71. The van der Waals surface area contributed by atoms with Gasteiger partial charge in [0, 0.05) is 7.11 Å². The van der Waals surface area contributed by atoms with Gasteiger partial charge in [0.1, 0.15) is 11.4 Å². The Kier molecular flexibility index (Phi) is 4.99.